The van der Waals surface area contributed by atoms with Crippen LogP contribution >= 0.6 is 0 Å². The predicted octanol–water partition coefficient (Wildman–Crippen LogP) is 3.01. The highest BCUT2D eigenvalue weighted by Crippen LogP contribution is 2.23. The topological polar surface area (TPSA) is 108 Å². The van der Waals surface area contributed by atoms with Gasteiger partial charge in [-0.05, 0) is 91.7 Å². The van der Waals surface area contributed by atoms with Gasteiger partial charge in [0.1, 0.15) is 5.82 Å². The number of carbonyl (C=O) groups excluding carboxylic acids is 1. The van der Waals surface area contributed by atoms with Crippen molar-refractivity contribution in [1.29, 1.82) is 0 Å². The van der Waals surface area contributed by atoms with Crippen LogP contribution in [0.5, 0.6) is 0 Å². The van der Waals surface area contributed by atoms with Crippen molar-refractivity contribution in [1.82, 2.24) is 30.4 Å². The van der Waals surface area contributed by atoms with E-state index in [2.05, 4.69) is 26.2 Å². The summed E-state index contributed by atoms with van der Waals surface area (Å²) in [5.74, 6) is 0.371. The van der Waals surface area contributed by atoms with Crippen molar-refractivity contribution in [3.05, 3.63) is 59.4 Å². The van der Waals surface area contributed by atoms with Crippen molar-refractivity contribution in [2.45, 2.75) is 45.3 Å². The number of halogens is 1. The minimum atomic E-state index is -0.737. The molecule has 9 nitrogen and oxygen atoms in total. The van der Waals surface area contributed by atoms with Crippen molar-refractivity contribution < 1.29 is 14.3 Å². The summed E-state index contributed by atoms with van der Waals surface area (Å²) in [4.78, 5) is 14.6. The van der Waals surface area contributed by atoms with Crippen LogP contribution in [0.2, 0.25) is 0 Å². The number of anilines is 1. The molecule has 0 unspecified atom stereocenters. The van der Waals surface area contributed by atoms with Crippen molar-refractivity contribution in [3.63, 3.8) is 0 Å². The van der Waals surface area contributed by atoms with Crippen molar-refractivity contribution in [3.8, 4) is 11.4 Å². The highest BCUT2D eigenvalue weighted by atomic mass is 19.1. The van der Waals surface area contributed by atoms with Crippen molar-refractivity contribution >= 4 is 11.7 Å². The zero-order chi connectivity index (χ0) is 25.4. The molecule has 35 heavy (non-hydrogen) atoms. The second-order valence-corrected chi connectivity index (χ2v) is 8.85. The number of nitrogens with one attached hydrogen (secondary N) is 2. The Hall–Kier alpha value is -3.37. The maximum absolute atomic E-state index is 13.0. The first-order valence-electron chi connectivity index (χ1n) is 11.8. The molecule has 2 amide bonds. The molecular weight excluding hydrogens is 449 g/mol. The second-order valence-electron chi connectivity index (χ2n) is 8.85. The number of hydrogen-bond acceptors (Lipinski definition) is 6. The van der Waals surface area contributed by atoms with E-state index in [1.54, 1.807) is 30.8 Å². The molecule has 1 heterocycles. The van der Waals surface area contributed by atoms with Gasteiger partial charge in [0.15, 0.2) is 5.82 Å². The summed E-state index contributed by atoms with van der Waals surface area (Å²) < 4.78 is 14.6. The van der Waals surface area contributed by atoms with E-state index < -0.39 is 18.2 Å². The third kappa shape index (κ3) is 7.83. The first-order chi connectivity index (χ1) is 16.7. The Morgan fingerprint density at radius 2 is 1.94 bits per heavy atom. The average molecular weight is 484 g/mol. The number of likely N-dealkylation sites (N-methyl/N-ethyl adjacent to an activating group) is 1. The molecule has 0 aliphatic carbocycles. The fraction of sp³-hybridized carbons (Fsp3) is 0.440. The van der Waals surface area contributed by atoms with Gasteiger partial charge in [0.25, 0.3) is 0 Å². The van der Waals surface area contributed by atoms with Crippen molar-refractivity contribution in [2.24, 2.45) is 7.05 Å². The minimum absolute atomic E-state index is 0.235. The highest BCUT2D eigenvalue weighted by molar-refractivity contribution is 5.90. The predicted molar refractivity (Wildman–Crippen MR) is 133 cm³/mol. The van der Waals surface area contributed by atoms with Gasteiger partial charge in [0.2, 0.25) is 0 Å². The maximum Gasteiger partial charge on any atom is 0.319 e. The van der Waals surface area contributed by atoms with Gasteiger partial charge in [-0.3, -0.25) is 0 Å². The molecule has 1 aromatic heterocycles. The lowest BCUT2D eigenvalue weighted by Crippen LogP contribution is -2.47. The number of amides is 2. The van der Waals surface area contributed by atoms with Crippen LogP contribution in [0, 0.1) is 5.82 Å². The SMILES string of the molecule is CCc1cc(NC(=O)N[C@H](C)[C@@H](O)CN(C)CCCc2ccc(F)cc2)cc(-c2nnnn2C)c1. The molecule has 3 rings (SSSR count). The quantitative estimate of drug-likeness (QED) is 0.387. The molecule has 0 fully saturated rings. The van der Waals surface area contributed by atoms with Crippen molar-refractivity contribution in [2.75, 3.05) is 25.5 Å². The Morgan fingerprint density at radius 1 is 1.20 bits per heavy atom. The Bertz CT molecular complexity index is 1100. The molecule has 0 saturated carbocycles. The Labute approximate surface area is 205 Å². The first-order valence-corrected chi connectivity index (χ1v) is 11.8. The van der Waals surface area contributed by atoms with Gasteiger partial charge >= 0.3 is 6.03 Å². The Kier molecular flexibility index (Phi) is 9.27. The van der Waals surface area contributed by atoms with Crippen LogP contribution in [-0.2, 0) is 19.9 Å². The molecule has 0 aliphatic rings. The summed E-state index contributed by atoms with van der Waals surface area (Å²) in [5, 5.41) is 27.8. The molecule has 0 spiro atoms. The number of benzene rings is 2. The number of carbonyl (C=O) groups is 1. The fourth-order valence-electron chi connectivity index (χ4n) is 3.81. The first kappa shape index (κ1) is 26.2. The average Bonchev–Trinajstić information content (AvgIpc) is 3.25. The number of hydrogen-bond donors (Lipinski definition) is 3. The molecule has 0 aliphatic heterocycles. The number of aromatic nitrogens is 4. The van der Waals surface area contributed by atoms with Gasteiger partial charge < -0.3 is 20.6 Å². The largest absolute Gasteiger partial charge is 0.390 e. The molecule has 0 radical (unpaired) electrons. The minimum Gasteiger partial charge on any atom is -0.390 e. The van der Waals surface area contributed by atoms with Crippen LogP contribution in [0.4, 0.5) is 14.9 Å². The molecule has 3 aromatic rings. The van der Waals surface area contributed by atoms with Crippen LogP contribution < -0.4 is 10.6 Å². The number of aryl methyl sites for hydroxylation is 3. The summed E-state index contributed by atoms with van der Waals surface area (Å²) >= 11 is 0. The monoisotopic (exact) mass is 483 g/mol. The van der Waals surface area contributed by atoms with E-state index in [1.165, 1.54) is 12.1 Å². The summed E-state index contributed by atoms with van der Waals surface area (Å²) in [6.07, 6.45) is 1.77. The van der Waals surface area contributed by atoms with Gasteiger partial charge in [0.05, 0.1) is 12.1 Å². The number of urea groups is 1. The van der Waals surface area contributed by atoms with E-state index in [0.717, 1.165) is 42.5 Å². The van der Waals surface area contributed by atoms with Gasteiger partial charge in [-0.15, -0.1) is 5.10 Å². The van der Waals surface area contributed by atoms with Crippen LogP contribution in [0.3, 0.4) is 0 Å². The number of aliphatic hydroxyl groups is 1. The van der Waals surface area contributed by atoms with E-state index in [1.807, 2.05) is 37.1 Å². The van der Waals surface area contributed by atoms with Crippen LogP contribution in [-0.4, -0.2) is 68.5 Å². The molecule has 2 atom stereocenters. The molecule has 0 bridgehead atoms. The number of aliphatic hydroxyl groups excluding tert-OH is 1. The molecule has 3 N–H and O–H groups in total. The zero-order valence-corrected chi connectivity index (χ0v) is 20.7. The zero-order valence-electron chi connectivity index (χ0n) is 20.7. The molecule has 0 saturated heterocycles. The summed E-state index contributed by atoms with van der Waals surface area (Å²) in [7, 11) is 3.69. The molecule has 10 heteroatoms. The van der Waals surface area contributed by atoms with Gasteiger partial charge in [-0.2, -0.15) is 0 Å². The van der Waals surface area contributed by atoms with Crippen LogP contribution in [0.25, 0.3) is 11.4 Å². The van der Waals surface area contributed by atoms with Crippen LogP contribution in [0.15, 0.2) is 42.5 Å². The molecule has 188 valence electrons. The number of nitrogens with zero attached hydrogens (tertiary/aromatic N) is 5. The third-order valence-corrected chi connectivity index (χ3v) is 5.89. The molecule has 2 aromatic carbocycles. The molecular formula is C25H34FN7O2. The van der Waals surface area contributed by atoms with Gasteiger partial charge in [0, 0.05) is 24.8 Å². The Balaban J connectivity index is 1.48. The highest BCUT2D eigenvalue weighted by Gasteiger charge is 2.19. The van der Waals surface area contributed by atoms with Crippen LogP contribution in [0.1, 0.15) is 31.4 Å². The number of rotatable bonds is 11. The summed E-state index contributed by atoms with van der Waals surface area (Å²) in [6.45, 7) is 5.00. The maximum atomic E-state index is 13.0. The van der Waals surface area contributed by atoms with Gasteiger partial charge in [-0.25, -0.2) is 13.9 Å². The lowest BCUT2D eigenvalue weighted by Gasteiger charge is -2.25. The van der Waals surface area contributed by atoms with Gasteiger partial charge in [-0.1, -0.05) is 19.1 Å². The van der Waals surface area contributed by atoms with E-state index in [-0.39, 0.29) is 5.82 Å². The van der Waals surface area contributed by atoms with E-state index in [0.29, 0.717) is 18.1 Å². The second kappa shape index (κ2) is 12.4. The summed E-state index contributed by atoms with van der Waals surface area (Å²) in [5.41, 5.74) is 3.55. The number of tetrazole rings is 1. The van der Waals surface area contributed by atoms with E-state index in [9.17, 15) is 14.3 Å². The fourth-order valence-corrected chi connectivity index (χ4v) is 3.81. The standard InChI is InChI=1S/C25H34FN7O2/c1-5-18-13-20(24-29-30-31-33(24)4)15-22(14-18)28-25(35)27-17(2)23(34)16-32(3)12-6-7-19-8-10-21(26)11-9-19/h8-11,13-15,17,23,34H,5-7,12,16H2,1-4H3,(H2,27,28,35)/t17-,23+/m1/s1. The lowest BCUT2D eigenvalue weighted by atomic mass is 10.1. The Morgan fingerprint density at radius 3 is 2.60 bits per heavy atom. The van der Waals surface area contributed by atoms with E-state index >= 15 is 0 Å². The normalized spacial score (nSPS) is 13.0. The third-order valence-electron chi connectivity index (χ3n) is 5.89. The van der Waals surface area contributed by atoms with E-state index in [4.69, 9.17) is 0 Å². The summed E-state index contributed by atoms with van der Waals surface area (Å²) in [6, 6.07) is 11.4. The lowest BCUT2D eigenvalue weighted by molar-refractivity contribution is 0.0975. The smallest absolute Gasteiger partial charge is 0.319 e.